The number of fused-ring (bicyclic) bond motifs is 1. The number of hydrogen-bond acceptors (Lipinski definition) is 6. The van der Waals surface area contributed by atoms with E-state index in [0.29, 0.717) is 34.1 Å². The first-order valence-corrected chi connectivity index (χ1v) is 9.45. The van der Waals surface area contributed by atoms with Gasteiger partial charge in [-0.2, -0.15) is 0 Å². The van der Waals surface area contributed by atoms with Crippen LogP contribution in [-0.2, 0) is 4.74 Å². The van der Waals surface area contributed by atoms with Crippen molar-refractivity contribution in [3.63, 3.8) is 0 Å². The van der Waals surface area contributed by atoms with Crippen molar-refractivity contribution < 1.29 is 19.1 Å². The molecule has 6 nitrogen and oxygen atoms in total. The van der Waals surface area contributed by atoms with Crippen molar-refractivity contribution in [3.8, 4) is 5.75 Å². The van der Waals surface area contributed by atoms with Crippen LogP contribution < -0.4 is 10.1 Å². The van der Waals surface area contributed by atoms with Crippen LogP contribution in [0.25, 0.3) is 10.2 Å². The minimum absolute atomic E-state index is 0.261. The number of nitrogens with zero attached hydrogens (tertiary/aromatic N) is 1. The summed E-state index contributed by atoms with van der Waals surface area (Å²) in [6, 6.07) is 12.2. The molecule has 1 N–H and O–H groups in total. The van der Waals surface area contributed by atoms with E-state index >= 15 is 0 Å². The normalized spacial score (nSPS) is 10.6. The number of carbonyl (C=O) groups is 2. The molecule has 1 amide bonds. The maximum atomic E-state index is 12.5. The summed E-state index contributed by atoms with van der Waals surface area (Å²) < 4.78 is 11.2. The molecule has 3 aromatic rings. The van der Waals surface area contributed by atoms with Gasteiger partial charge in [-0.05, 0) is 42.8 Å². The summed E-state index contributed by atoms with van der Waals surface area (Å²) >= 11 is 1.30. The molecule has 0 aliphatic carbocycles. The van der Waals surface area contributed by atoms with E-state index < -0.39 is 5.97 Å². The Balaban J connectivity index is 1.74. The molecule has 0 bridgehead atoms. The van der Waals surface area contributed by atoms with Crippen LogP contribution in [0.4, 0.5) is 5.13 Å². The van der Waals surface area contributed by atoms with Crippen molar-refractivity contribution in [2.75, 3.05) is 19.0 Å². The molecule has 0 spiro atoms. The molecule has 0 atom stereocenters. The van der Waals surface area contributed by atoms with Crippen LogP contribution in [0.15, 0.2) is 42.5 Å². The number of thiazole rings is 1. The second kappa shape index (κ2) is 8.64. The number of amides is 1. The fourth-order valence-electron chi connectivity index (χ4n) is 2.45. The van der Waals surface area contributed by atoms with Gasteiger partial charge in [0.1, 0.15) is 5.75 Å². The van der Waals surface area contributed by atoms with Crippen LogP contribution in [0.5, 0.6) is 5.75 Å². The van der Waals surface area contributed by atoms with E-state index in [-0.39, 0.29) is 5.91 Å². The third-order valence-electron chi connectivity index (χ3n) is 3.89. The molecular weight excluding hydrogens is 364 g/mol. The molecule has 1 heterocycles. The Morgan fingerprint density at radius 1 is 1.15 bits per heavy atom. The maximum absolute atomic E-state index is 12.5. The Bertz CT molecular complexity index is 968. The zero-order chi connectivity index (χ0) is 19.2. The lowest BCUT2D eigenvalue weighted by molar-refractivity contribution is 0.0601. The average Bonchev–Trinajstić information content (AvgIpc) is 3.09. The molecule has 0 unspecified atom stereocenters. The van der Waals surface area contributed by atoms with Crippen LogP contribution >= 0.6 is 11.3 Å². The van der Waals surface area contributed by atoms with Crippen molar-refractivity contribution in [1.82, 2.24) is 4.98 Å². The SMILES string of the molecule is CCCCOc1cccc(C(=O)Nc2nc3ccc(C(=O)OC)cc3s2)c1. The fourth-order valence-corrected chi connectivity index (χ4v) is 3.35. The molecule has 3 rings (SSSR count). The zero-order valence-corrected chi connectivity index (χ0v) is 16.0. The first-order valence-electron chi connectivity index (χ1n) is 8.64. The van der Waals surface area contributed by atoms with Crippen LogP contribution in [0.2, 0.25) is 0 Å². The minimum atomic E-state index is -0.407. The quantitative estimate of drug-likeness (QED) is 0.479. The predicted molar refractivity (Wildman–Crippen MR) is 106 cm³/mol. The molecule has 0 saturated carbocycles. The van der Waals surface area contributed by atoms with Gasteiger partial charge >= 0.3 is 5.97 Å². The van der Waals surface area contributed by atoms with Crippen molar-refractivity contribution >= 4 is 38.6 Å². The molecule has 0 fully saturated rings. The number of esters is 1. The molecule has 27 heavy (non-hydrogen) atoms. The molecule has 0 radical (unpaired) electrons. The van der Waals surface area contributed by atoms with E-state index in [9.17, 15) is 9.59 Å². The summed E-state index contributed by atoms with van der Waals surface area (Å²) in [6.07, 6.45) is 2.02. The van der Waals surface area contributed by atoms with E-state index in [0.717, 1.165) is 17.5 Å². The summed E-state index contributed by atoms with van der Waals surface area (Å²) in [5, 5.41) is 3.27. The Hall–Kier alpha value is -2.93. The lowest BCUT2D eigenvalue weighted by Gasteiger charge is -2.07. The number of anilines is 1. The molecule has 0 saturated heterocycles. The smallest absolute Gasteiger partial charge is 0.337 e. The van der Waals surface area contributed by atoms with E-state index in [1.807, 2.05) is 6.07 Å². The number of ether oxygens (including phenoxy) is 2. The van der Waals surface area contributed by atoms with Gasteiger partial charge in [0.15, 0.2) is 5.13 Å². The molecule has 140 valence electrons. The van der Waals surface area contributed by atoms with Gasteiger partial charge in [0, 0.05) is 5.56 Å². The van der Waals surface area contributed by atoms with Crippen molar-refractivity contribution in [3.05, 3.63) is 53.6 Å². The Labute approximate surface area is 161 Å². The molecule has 7 heteroatoms. The van der Waals surface area contributed by atoms with Crippen LogP contribution in [0.1, 0.15) is 40.5 Å². The predicted octanol–water partition coefficient (Wildman–Crippen LogP) is 4.51. The number of rotatable bonds is 7. The van der Waals surface area contributed by atoms with Crippen molar-refractivity contribution in [1.29, 1.82) is 0 Å². The number of unbranched alkanes of at least 4 members (excludes halogenated alkanes) is 1. The van der Waals surface area contributed by atoms with Gasteiger partial charge in [-0.15, -0.1) is 0 Å². The zero-order valence-electron chi connectivity index (χ0n) is 15.2. The van der Waals surface area contributed by atoms with E-state index in [1.54, 1.807) is 36.4 Å². The highest BCUT2D eigenvalue weighted by Gasteiger charge is 2.13. The average molecular weight is 384 g/mol. The Morgan fingerprint density at radius 2 is 2.00 bits per heavy atom. The Morgan fingerprint density at radius 3 is 2.78 bits per heavy atom. The van der Waals surface area contributed by atoms with Crippen LogP contribution in [-0.4, -0.2) is 30.6 Å². The first-order chi connectivity index (χ1) is 13.1. The van der Waals surface area contributed by atoms with Gasteiger partial charge < -0.3 is 9.47 Å². The number of hydrogen-bond donors (Lipinski definition) is 1. The summed E-state index contributed by atoms with van der Waals surface area (Å²) in [5.41, 5.74) is 1.65. The highest BCUT2D eigenvalue weighted by Crippen LogP contribution is 2.27. The summed E-state index contributed by atoms with van der Waals surface area (Å²) in [4.78, 5) is 28.5. The van der Waals surface area contributed by atoms with Gasteiger partial charge in [-0.1, -0.05) is 30.7 Å². The lowest BCUT2D eigenvalue weighted by atomic mass is 10.2. The lowest BCUT2D eigenvalue weighted by Crippen LogP contribution is -2.11. The fraction of sp³-hybridized carbons (Fsp3) is 0.250. The monoisotopic (exact) mass is 384 g/mol. The van der Waals surface area contributed by atoms with E-state index in [4.69, 9.17) is 9.47 Å². The first kappa shape index (κ1) is 18.8. The van der Waals surface area contributed by atoms with E-state index in [1.165, 1.54) is 18.4 Å². The number of benzene rings is 2. The Kier molecular flexibility index (Phi) is 6.03. The second-order valence-electron chi connectivity index (χ2n) is 5.88. The van der Waals surface area contributed by atoms with Gasteiger partial charge in [0.2, 0.25) is 0 Å². The topological polar surface area (TPSA) is 77.5 Å². The van der Waals surface area contributed by atoms with Gasteiger partial charge in [-0.3, -0.25) is 10.1 Å². The number of methoxy groups -OCH3 is 1. The number of aromatic nitrogens is 1. The summed E-state index contributed by atoms with van der Waals surface area (Å²) in [5.74, 6) is 0.00193. The van der Waals surface area contributed by atoms with E-state index in [2.05, 4.69) is 17.2 Å². The molecular formula is C20H20N2O4S. The van der Waals surface area contributed by atoms with Gasteiger partial charge in [0.05, 0.1) is 29.5 Å². The molecule has 0 aliphatic rings. The van der Waals surface area contributed by atoms with Crippen LogP contribution in [0.3, 0.4) is 0 Å². The van der Waals surface area contributed by atoms with Crippen molar-refractivity contribution in [2.24, 2.45) is 0 Å². The summed E-state index contributed by atoms with van der Waals surface area (Å²) in [7, 11) is 1.34. The van der Waals surface area contributed by atoms with Crippen LogP contribution in [0, 0.1) is 0 Å². The summed E-state index contributed by atoms with van der Waals surface area (Å²) in [6.45, 7) is 2.72. The van der Waals surface area contributed by atoms with Gasteiger partial charge in [-0.25, -0.2) is 9.78 Å². The standard InChI is InChI=1S/C20H20N2O4S/c1-3-4-10-26-15-7-5-6-13(11-15)18(23)22-20-21-16-9-8-14(19(24)25-2)12-17(16)27-20/h5-9,11-12H,3-4,10H2,1-2H3,(H,21,22,23). The highest BCUT2D eigenvalue weighted by atomic mass is 32.1. The third kappa shape index (κ3) is 4.62. The third-order valence-corrected chi connectivity index (χ3v) is 4.83. The molecule has 2 aromatic carbocycles. The van der Waals surface area contributed by atoms with Crippen molar-refractivity contribution in [2.45, 2.75) is 19.8 Å². The highest BCUT2D eigenvalue weighted by molar-refractivity contribution is 7.22. The largest absolute Gasteiger partial charge is 0.494 e. The maximum Gasteiger partial charge on any atom is 0.337 e. The number of carbonyl (C=O) groups excluding carboxylic acids is 2. The second-order valence-corrected chi connectivity index (χ2v) is 6.91. The molecule has 1 aromatic heterocycles. The minimum Gasteiger partial charge on any atom is -0.494 e. The molecule has 0 aliphatic heterocycles. The number of nitrogens with one attached hydrogen (secondary N) is 1. The van der Waals surface area contributed by atoms with Gasteiger partial charge in [0.25, 0.3) is 5.91 Å².